The Bertz CT molecular complexity index is 390. The molecule has 0 saturated carbocycles. The molecule has 3 heteroatoms. The third-order valence-electron chi connectivity index (χ3n) is 1.65. The lowest BCUT2D eigenvalue weighted by atomic mass is 10.1. The van der Waals surface area contributed by atoms with E-state index in [1.807, 2.05) is 24.3 Å². The van der Waals surface area contributed by atoms with Crippen molar-refractivity contribution in [1.82, 2.24) is 0 Å². The van der Waals surface area contributed by atoms with Gasteiger partial charge in [-0.3, -0.25) is 4.79 Å². The molecule has 0 atom stereocenters. The molecule has 0 aliphatic carbocycles. The molecule has 1 rings (SSSR count). The van der Waals surface area contributed by atoms with E-state index in [1.54, 1.807) is 0 Å². The standard InChI is InChI=1S/C11H10ClNO/c12-8-10-5-2-1-4-9(10)6-3-7-11(13)14/h1-2,4-5H,7-8H2,(H2,13,14). The first-order chi connectivity index (χ1) is 6.74. The number of primary amides is 1. The fourth-order valence-corrected chi connectivity index (χ4v) is 1.22. The van der Waals surface area contributed by atoms with Crippen molar-refractivity contribution in [2.75, 3.05) is 0 Å². The van der Waals surface area contributed by atoms with Crippen LogP contribution < -0.4 is 5.73 Å². The second-order valence-corrected chi connectivity index (χ2v) is 3.00. The number of alkyl halides is 1. The molecule has 14 heavy (non-hydrogen) atoms. The Kier molecular flexibility index (Phi) is 4.03. The van der Waals surface area contributed by atoms with Gasteiger partial charge in [0.1, 0.15) is 0 Å². The van der Waals surface area contributed by atoms with E-state index >= 15 is 0 Å². The first-order valence-corrected chi connectivity index (χ1v) is 4.68. The van der Waals surface area contributed by atoms with Crippen LogP contribution in [0.25, 0.3) is 0 Å². The largest absolute Gasteiger partial charge is 0.369 e. The zero-order valence-electron chi connectivity index (χ0n) is 7.59. The maximum atomic E-state index is 10.4. The zero-order chi connectivity index (χ0) is 10.4. The maximum Gasteiger partial charge on any atom is 0.229 e. The highest BCUT2D eigenvalue weighted by molar-refractivity contribution is 6.17. The molecule has 0 fully saturated rings. The van der Waals surface area contributed by atoms with Gasteiger partial charge >= 0.3 is 0 Å². The lowest BCUT2D eigenvalue weighted by Crippen LogP contribution is -2.08. The molecule has 0 unspecified atom stereocenters. The van der Waals surface area contributed by atoms with Crippen LogP contribution in [0, 0.1) is 11.8 Å². The lowest BCUT2D eigenvalue weighted by molar-refractivity contribution is -0.117. The molecule has 1 aromatic carbocycles. The van der Waals surface area contributed by atoms with E-state index in [-0.39, 0.29) is 6.42 Å². The van der Waals surface area contributed by atoms with E-state index in [0.717, 1.165) is 11.1 Å². The molecular weight excluding hydrogens is 198 g/mol. The minimum absolute atomic E-state index is 0.0800. The Morgan fingerprint density at radius 3 is 2.79 bits per heavy atom. The van der Waals surface area contributed by atoms with Crippen molar-refractivity contribution >= 4 is 17.5 Å². The summed E-state index contributed by atoms with van der Waals surface area (Å²) in [5.41, 5.74) is 6.77. The number of hydrogen-bond donors (Lipinski definition) is 1. The second-order valence-electron chi connectivity index (χ2n) is 2.74. The molecule has 1 amide bonds. The number of nitrogens with two attached hydrogens (primary N) is 1. The molecule has 0 heterocycles. The molecule has 0 saturated heterocycles. The van der Waals surface area contributed by atoms with Gasteiger partial charge < -0.3 is 5.73 Å². The van der Waals surface area contributed by atoms with Gasteiger partial charge in [-0.2, -0.15) is 0 Å². The summed E-state index contributed by atoms with van der Waals surface area (Å²) in [7, 11) is 0. The fourth-order valence-electron chi connectivity index (χ4n) is 0.985. The van der Waals surface area contributed by atoms with Gasteiger partial charge in [0.15, 0.2) is 0 Å². The quantitative estimate of drug-likeness (QED) is 0.582. The maximum absolute atomic E-state index is 10.4. The van der Waals surface area contributed by atoms with Gasteiger partial charge in [0.05, 0.1) is 6.42 Å². The first-order valence-electron chi connectivity index (χ1n) is 4.15. The van der Waals surface area contributed by atoms with Crippen molar-refractivity contribution in [1.29, 1.82) is 0 Å². The van der Waals surface area contributed by atoms with E-state index in [9.17, 15) is 4.79 Å². The van der Waals surface area contributed by atoms with Gasteiger partial charge in [0.2, 0.25) is 5.91 Å². The van der Waals surface area contributed by atoms with Crippen LogP contribution in [0.2, 0.25) is 0 Å². The third kappa shape index (κ3) is 3.12. The predicted octanol–water partition coefficient (Wildman–Crippen LogP) is 1.65. The summed E-state index contributed by atoms with van der Waals surface area (Å²) in [6.45, 7) is 0. The van der Waals surface area contributed by atoms with E-state index in [1.165, 1.54) is 0 Å². The first kappa shape index (κ1) is 10.6. The summed E-state index contributed by atoms with van der Waals surface area (Å²) in [6, 6.07) is 7.55. The highest BCUT2D eigenvalue weighted by Gasteiger charge is 1.95. The van der Waals surface area contributed by atoms with Crippen molar-refractivity contribution in [3.05, 3.63) is 35.4 Å². The van der Waals surface area contributed by atoms with Crippen LogP contribution in [-0.4, -0.2) is 5.91 Å². The molecule has 0 aliphatic rings. The van der Waals surface area contributed by atoms with Crippen LogP contribution in [0.3, 0.4) is 0 Å². The Labute approximate surface area is 88.1 Å². The molecule has 0 radical (unpaired) electrons. The van der Waals surface area contributed by atoms with Gasteiger partial charge in [-0.1, -0.05) is 30.0 Å². The Morgan fingerprint density at radius 1 is 1.43 bits per heavy atom. The van der Waals surface area contributed by atoms with Gasteiger partial charge in [0.25, 0.3) is 0 Å². The predicted molar refractivity (Wildman–Crippen MR) is 56.7 cm³/mol. The van der Waals surface area contributed by atoms with Gasteiger partial charge in [-0.25, -0.2) is 0 Å². The number of rotatable bonds is 2. The minimum atomic E-state index is -0.416. The number of benzene rings is 1. The van der Waals surface area contributed by atoms with Crippen LogP contribution in [0.4, 0.5) is 0 Å². The molecule has 2 nitrogen and oxygen atoms in total. The van der Waals surface area contributed by atoms with E-state index < -0.39 is 5.91 Å². The minimum Gasteiger partial charge on any atom is -0.369 e. The summed E-state index contributed by atoms with van der Waals surface area (Å²) in [6.07, 6.45) is 0.0800. The Morgan fingerprint density at radius 2 is 2.14 bits per heavy atom. The van der Waals surface area contributed by atoms with Crippen LogP contribution in [0.5, 0.6) is 0 Å². The zero-order valence-corrected chi connectivity index (χ0v) is 8.34. The molecule has 0 aliphatic heterocycles. The summed E-state index contributed by atoms with van der Waals surface area (Å²) < 4.78 is 0. The van der Waals surface area contributed by atoms with Crippen LogP contribution in [-0.2, 0) is 10.7 Å². The van der Waals surface area contributed by atoms with Gasteiger partial charge in [-0.15, -0.1) is 11.6 Å². The summed E-state index contributed by atoms with van der Waals surface area (Å²) in [5, 5.41) is 0. The van der Waals surface area contributed by atoms with E-state index in [2.05, 4.69) is 11.8 Å². The molecular formula is C11H10ClNO. The van der Waals surface area contributed by atoms with Gasteiger partial charge in [0, 0.05) is 11.4 Å². The molecule has 0 bridgehead atoms. The van der Waals surface area contributed by atoms with Crippen molar-refractivity contribution in [3.8, 4) is 11.8 Å². The molecule has 2 N–H and O–H groups in total. The number of carbonyl (C=O) groups excluding carboxylic acids is 1. The topological polar surface area (TPSA) is 43.1 Å². The Hall–Kier alpha value is -1.46. The average molecular weight is 208 g/mol. The number of halogens is 1. The summed E-state index contributed by atoms with van der Waals surface area (Å²) >= 11 is 5.71. The molecule has 0 spiro atoms. The number of hydrogen-bond acceptors (Lipinski definition) is 1. The van der Waals surface area contributed by atoms with Crippen molar-refractivity contribution in [2.24, 2.45) is 5.73 Å². The molecule has 0 aromatic heterocycles. The smallest absolute Gasteiger partial charge is 0.229 e. The Balaban J connectivity index is 2.83. The highest BCUT2D eigenvalue weighted by atomic mass is 35.5. The van der Waals surface area contributed by atoms with Crippen molar-refractivity contribution in [2.45, 2.75) is 12.3 Å². The van der Waals surface area contributed by atoms with Crippen LogP contribution in [0.15, 0.2) is 24.3 Å². The second kappa shape index (κ2) is 5.31. The number of carbonyl (C=O) groups is 1. The van der Waals surface area contributed by atoms with E-state index in [0.29, 0.717) is 5.88 Å². The fraction of sp³-hybridized carbons (Fsp3) is 0.182. The van der Waals surface area contributed by atoms with Crippen molar-refractivity contribution in [3.63, 3.8) is 0 Å². The van der Waals surface area contributed by atoms with Crippen LogP contribution in [0.1, 0.15) is 17.5 Å². The van der Waals surface area contributed by atoms with Gasteiger partial charge in [-0.05, 0) is 11.6 Å². The molecule has 1 aromatic rings. The average Bonchev–Trinajstić information content (AvgIpc) is 2.18. The highest BCUT2D eigenvalue weighted by Crippen LogP contribution is 2.09. The third-order valence-corrected chi connectivity index (χ3v) is 1.93. The molecule has 72 valence electrons. The summed E-state index contributed by atoms with van der Waals surface area (Å²) in [5.74, 6) is 5.56. The SMILES string of the molecule is NC(=O)CC#Cc1ccccc1CCl. The monoisotopic (exact) mass is 207 g/mol. The van der Waals surface area contributed by atoms with Crippen molar-refractivity contribution < 1.29 is 4.79 Å². The van der Waals surface area contributed by atoms with E-state index in [4.69, 9.17) is 17.3 Å². The number of amides is 1. The normalized spacial score (nSPS) is 8.93. The van der Waals surface area contributed by atoms with Crippen LogP contribution >= 0.6 is 11.6 Å². The summed E-state index contributed by atoms with van der Waals surface area (Å²) in [4.78, 5) is 10.4. The lowest BCUT2D eigenvalue weighted by Gasteiger charge is -1.97.